The van der Waals surface area contributed by atoms with Gasteiger partial charge in [0.05, 0.1) is 5.41 Å². The summed E-state index contributed by atoms with van der Waals surface area (Å²) in [6, 6.07) is -0.474. The van der Waals surface area contributed by atoms with Gasteiger partial charge in [-0.3, -0.25) is 14.9 Å². The second-order valence-electron chi connectivity index (χ2n) is 7.34. The van der Waals surface area contributed by atoms with E-state index < -0.39 is 23.3 Å². The number of hydrogen-bond acceptors (Lipinski definition) is 3. The Kier molecular flexibility index (Phi) is 5.36. The molecule has 3 amide bonds. The third-order valence-electron chi connectivity index (χ3n) is 3.97. The predicted octanol–water partition coefficient (Wildman–Crippen LogP) is 2.28. The van der Waals surface area contributed by atoms with Gasteiger partial charge in [-0.25, -0.2) is 4.79 Å². The molecule has 0 bridgehead atoms. The number of carboxylic acids is 1. The number of imide groups is 1. The average molecular weight is 298 g/mol. The van der Waals surface area contributed by atoms with Crippen LogP contribution in [0.4, 0.5) is 4.79 Å². The Bertz CT molecular complexity index is 429. The van der Waals surface area contributed by atoms with Gasteiger partial charge in [0.15, 0.2) is 0 Å². The van der Waals surface area contributed by atoms with Gasteiger partial charge in [-0.15, -0.1) is 0 Å². The number of carbonyl (C=O) groups is 3. The van der Waals surface area contributed by atoms with Crippen LogP contribution in [0.3, 0.4) is 0 Å². The highest BCUT2D eigenvalue weighted by Crippen LogP contribution is 2.35. The monoisotopic (exact) mass is 298 g/mol. The molecule has 1 aliphatic rings. The first-order valence-corrected chi connectivity index (χ1v) is 7.36. The molecule has 0 aromatic heterocycles. The smallest absolute Gasteiger partial charge is 0.321 e. The third-order valence-corrected chi connectivity index (χ3v) is 3.97. The molecule has 3 N–H and O–H groups in total. The van der Waals surface area contributed by atoms with Crippen LogP contribution in [0.1, 0.15) is 59.8 Å². The standard InChI is InChI=1S/C15H26N2O4/c1-14(2)7-5-6-10(8-14)16-13(21)17-11(18)9-15(3,4)12(19)20/h10H,5-9H2,1-4H3,(H,19,20)(H2,16,17,18,21). The lowest BCUT2D eigenvalue weighted by atomic mass is 9.75. The first-order valence-electron chi connectivity index (χ1n) is 7.36. The van der Waals surface area contributed by atoms with Crippen molar-refractivity contribution in [2.45, 2.75) is 65.8 Å². The summed E-state index contributed by atoms with van der Waals surface area (Å²) < 4.78 is 0. The van der Waals surface area contributed by atoms with E-state index in [9.17, 15) is 14.4 Å². The first-order chi connectivity index (χ1) is 9.52. The maximum atomic E-state index is 11.8. The number of carbonyl (C=O) groups excluding carboxylic acids is 2. The number of urea groups is 1. The number of rotatable bonds is 4. The maximum absolute atomic E-state index is 11.8. The summed E-state index contributed by atoms with van der Waals surface area (Å²) in [5.74, 6) is -1.64. The topological polar surface area (TPSA) is 95.5 Å². The SMILES string of the molecule is CC1(C)CCCC(NC(=O)NC(=O)CC(C)(C)C(=O)O)C1. The molecule has 1 fully saturated rings. The van der Waals surface area contributed by atoms with Gasteiger partial charge in [0, 0.05) is 12.5 Å². The molecule has 0 aromatic rings. The summed E-state index contributed by atoms with van der Waals surface area (Å²) in [5.41, 5.74) is -0.983. The summed E-state index contributed by atoms with van der Waals surface area (Å²) in [7, 11) is 0. The maximum Gasteiger partial charge on any atom is 0.321 e. The van der Waals surface area contributed by atoms with Crippen molar-refractivity contribution in [2.75, 3.05) is 0 Å². The second kappa shape index (κ2) is 6.45. The minimum Gasteiger partial charge on any atom is -0.481 e. The Morgan fingerprint density at radius 1 is 1.29 bits per heavy atom. The summed E-state index contributed by atoms with van der Waals surface area (Å²) in [6.45, 7) is 7.24. The highest BCUT2D eigenvalue weighted by Gasteiger charge is 2.32. The lowest BCUT2D eigenvalue weighted by Crippen LogP contribution is -2.48. The molecule has 0 aromatic carbocycles. The normalized spacial score (nSPS) is 21.4. The van der Waals surface area contributed by atoms with Gasteiger partial charge in [-0.05, 0) is 38.5 Å². The predicted molar refractivity (Wildman–Crippen MR) is 78.7 cm³/mol. The van der Waals surface area contributed by atoms with Crippen molar-refractivity contribution in [3.8, 4) is 0 Å². The van der Waals surface area contributed by atoms with Crippen LogP contribution in [0.2, 0.25) is 0 Å². The molecule has 6 heteroatoms. The Labute approximate surface area is 125 Å². The van der Waals surface area contributed by atoms with Crippen LogP contribution in [-0.4, -0.2) is 29.1 Å². The molecule has 0 heterocycles. The van der Waals surface area contributed by atoms with Crippen molar-refractivity contribution in [1.29, 1.82) is 0 Å². The molecule has 21 heavy (non-hydrogen) atoms. The molecular weight excluding hydrogens is 272 g/mol. The van der Waals surface area contributed by atoms with Gasteiger partial charge in [0.1, 0.15) is 0 Å². The number of nitrogens with one attached hydrogen (secondary N) is 2. The first kappa shape index (κ1) is 17.5. The fraction of sp³-hybridized carbons (Fsp3) is 0.800. The Balaban J connectivity index is 2.43. The Morgan fingerprint density at radius 3 is 2.43 bits per heavy atom. The highest BCUT2D eigenvalue weighted by molar-refractivity contribution is 5.96. The summed E-state index contributed by atoms with van der Waals surface area (Å²) >= 11 is 0. The zero-order valence-corrected chi connectivity index (χ0v) is 13.3. The van der Waals surface area contributed by atoms with Gasteiger partial charge >= 0.3 is 12.0 Å². The lowest BCUT2D eigenvalue weighted by molar-refractivity contribution is -0.149. The van der Waals surface area contributed by atoms with Crippen LogP contribution in [0, 0.1) is 10.8 Å². The van der Waals surface area contributed by atoms with E-state index in [1.54, 1.807) is 0 Å². The van der Waals surface area contributed by atoms with E-state index in [2.05, 4.69) is 24.5 Å². The van der Waals surface area contributed by atoms with Crippen LogP contribution < -0.4 is 10.6 Å². The minimum absolute atomic E-state index is 0.0639. The van der Waals surface area contributed by atoms with E-state index in [0.717, 1.165) is 25.7 Å². The Morgan fingerprint density at radius 2 is 1.90 bits per heavy atom. The zero-order valence-electron chi connectivity index (χ0n) is 13.3. The molecule has 0 aliphatic heterocycles. The summed E-state index contributed by atoms with van der Waals surface area (Å²) in [5, 5.41) is 14.0. The van der Waals surface area contributed by atoms with Crippen LogP contribution in [0.25, 0.3) is 0 Å². The van der Waals surface area contributed by atoms with E-state index in [0.29, 0.717) is 0 Å². The van der Waals surface area contributed by atoms with Gasteiger partial charge in [0.25, 0.3) is 0 Å². The number of aliphatic carboxylic acids is 1. The van der Waals surface area contributed by atoms with Gasteiger partial charge in [-0.2, -0.15) is 0 Å². The van der Waals surface area contributed by atoms with E-state index in [1.807, 2.05) is 0 Å². The minimum atomic E-state index is -1.18. The molecule has 0 saturated heterocycles. The van der Waals surface area contributed by atoms with Crippen LogP contribution in [0.5, 0.6) is 0 Å². The van der Waals surface area contributed by atoms with Gasteiger partial charge in [-0.1, -0.05) is 20.3 Å². The molecule has 0 radical (unpaired) electrons. The molecular formula is C15H26N2O4. The van der Waals surface area contributed by atoms with Crippen molar-refractivity contribution in [1.82, 2.24) is 10.6 Å². The van der Waals surface area contributed by atoms with Crippen molar-refractivity contribution < 1.29 is 19.5 Å². The van der Waals surface area contributed by atoms with Crippen LogP contribution in [-0.2, 0) is 9.59 Å². The van der Waals surface area contributed by atoms with Gasteiger partial charge < -0.3 is 10.4 Å². The van der Waals surface area contributed by atoms with Crippen LogP contribution in [0.15, 0.2) is 0 Å². The molecule has 1 unspecified atom stereocenters. The Hall–Kier alpha value is -1.59. The van der Waals surface area contributed by atoms with Crippen LogP contribution >= 0.6 is 0 Å². The van der Waals surface area contributed by atoms with Crippen molar-refractivity contribution in [3.63, 3.8) is 0 Å². The number of amides is 3. The molecule has 1 saturated carbocycles. The quantitative estimate of drug-likeness (QED) is 0.742. The fourth-order valence-corrected chi connectivity index (χ4v) is 2.69. The van der Waals surface area contributed by atoms with Crippen molar-refractivity contribution in [2.24, 2.45) is 10.8 Å². The highest BCUT2D eigenvalue weighted by atomic mass is 16.4. The average Bonchev–Trinajstić information content (AvgIpc) is 2.25. The zero-order chi connectivity index (χ0) is 16.3. The lowest BCUT2D eigenvalue weighted by Gasteiger charge is -2.35. The van der Waals surface area contributed by atoms with E-state index in [1.165, 1.54) is 13.8 Å². The number of carboxylic acid groups (broad SMARTS) is 1. The van der Waals surface area contributed by atoms with E-state index in [-0.39, 0.29) is 17.9 Å². The van der Waals surface area contributed by atoms with E-state index in [4.69, 9.17) is 5.11 Å². The second-order valence-corrected chi connectivity index (χ2v) is 7.34. The summed E-state index contributed by atoms with van der Waals surface area (Å²) in [4.78, 5) is 34.5. The molecule has 1 aliphatic carbocycles. The summed E-state index contributed by atoms with van der Waals surface area (Å²) in [6.07, 6.45) is 3.75. The number of hydrogen-bond donors (Lipinski definition) is 3. The molecule has 1 atom stereocenters. The largest absolute Gasteiger partial charge is 0.481 e. The third kappa shape index (κ3) is 5.73. The molecule has 6 nitrogen and oxygen atoms in total. The molecule has 0 spiro atoms. The van der Waals surface area contributed by atoms with Gasteiger partial charge in [0.2, 0.25) is 5.91 Å². The van der Waals surface area contributed by atoms with E-state index >= 15 is 0 Å². The molecule has 1 rings (SSSR count). The van der Waals surface area contributed by atoms with Crippen molar-refractivity contribution >= 4 is 17.9 Å². The molecule has 120 valence electrons. The van der Waals surface area contributed by atoms with Crippen molar-refractivity contribution in [3.05, 3.63) is 0 Å². The fourth-order valence-electron chi connectivity index (χ4n) is 2.69.